The minimum atomic E-state index is -0.173. The van der Waals surface area contributed by atoms with Gasteiger partial charge in [-0.3, -0.25) is 4.79 Å². The fraction of sp³-hybridized carbons (Fsp3) is 0.364. The van der Waals surface area contributed by atoms with E-state index in [0.717, 1.165) is 16.6 Å². The number of hydrogen-bond acceptors (Lipinski definition) is 7. The number of rotatable bonds is 3. The second-order valence-electron chi connectivity index (χ2n) is 8.37. The molecular formula is C22H26N6O2. The topological polar surface area (TPSA) is 106 Å². The summed E-state index contributed by atoms with van der Waals surface area (Å²) in [5.74, 6) is 0.931. The Morgan fingerprint density at radius 3 is 2.47 bits per heavy atom. The van der Waals surface area contributed by atoms with Crippen LogP contribution in [0.2, 0.25) is 0 Å². The molecule has 0 bridgehead atoms. The molecule has 0 spiro atoms. The number of carbonyl (C=O) groups is 1. The van der Waals surface area contributed by atoms with Gasteiger partial charge >= 0.3 is 0 Å². The summed E-state index contributed by atoms with van der Waals surface area (Å²) in [7, 11) is 0. The lowest BCUT2D eigenvalue weighted by Gasteiger charge is -2.26. The van der Waals surface area contributed by atoms with Crippen molar-refractivity contribution in [2.24, 2.45) is 0 Å². The van der Waals surface area contributed by atoms with E-state index in [9.17, 15) is 4.79 Å². The Bertz CT molecular complexity index is 1070. The average molecular weight is 406 g/mol. The molecule has 30 heavy (non-hydrogen) atoms. The molecule has 0 saturated carbocycles. The van der Waals surface area contributed by atoms with Crippen molar-refractivity contribution in [3.63, 3.8) is 0 Å². The van der Waals surface area contributed by atoms with Crippen LogP contribution in [0.3, 0.4) is 0 Å². The van der Waals surface area contributed by atoms with Crippen molar-refractivity contribution in [3.8, 4) is 11.1 Å². The second-order valence-corrected chi connectivity index (χ2v) is 8.37. The zero-order chi connectivity index (χ0) is 21.3. The summed E-state index contributed by atoms with van der Waals surface area (Å²) >= 11 is 0. The van der Waals surface area contributed by atoms with E-state index in [1.54, 1.807) is 12.4 Å². The molecule has 8 nitrogen and oxygen atoms in total. The highest BCUT2D eigenvalue weighted by atomic mass is 16.5. The summed E-state index contributed by atoms with van der Waals surface area (Å²) < 4.78 is 5.32. The van der Waals surface area contributed by atoms with Gasteiger partial charge in [0.25, 0.3) is 5.91 Å². The van der Waals surface area contributed by atoms with Crippen LogP contribution >= 0.6 is 0 Å². The fourth-order valence-corrected chi connectivity index (χ4v) is 3.39. The molecule has 1 aromatic carbocycles. The lowest BCUT2D eigenvalue weighted by molar-refractivity contribution is 0.0303. The molecule has 8 heteroatoms. The molecule has 1 fully saturated rings. The number of ether oxygens (including phenoxy) is 1. The number of fused-ring (bicyclic) bond motifs is 1. The van der Waals surface area contributed by atoms with E-state index in [-0.39, 0.29) is 11.4 Å². The van der Waals surface area contributed by atoms with Crippen molar-refractivity contribution in [1.29, 1.82) is 0 Å². The molecule has 3 aromatic rings. The zero-order valence-corrected chi connectivity index (χ0v) is 17.5. The van der Waals surface area contributed by atoms with Crippen LogP contribution in [0.4, 0.5) is 11.8 Å². The Morgan fingerprint density at radius 1 is 1.10 bits per heavy atom. The van der Waals surface area contributed by atoms with Gasteiger partial charge in [0.15, 0.2) is 0 Å². The van der Waals surface area contributed by atoms with Gasteiger partial charge in [-0.05, 0) is 38.5 Å². The van der Waals surface area contributed by atoms with Gasteiger partial charge < -0.3 is 20.7 Å². The van der Waals surface area contributed by atoms with Crippen LogP contribution in [-0.4, -0.2) is 57.6 Å². The van der Waals surface area contributed by atoms with Gasteiger partial charge in [-0.25, -0.2) is 15.0 Å². The van der Waals surface area contributed by atoms with E-state index in [0.29, 0.717) is 49.0 Å². The van der Waals surface area contributed by atoms with Gasteiger partial charge in [-0.15, -0.1) is 0 Å². The van der Waals surface area contributed by atoms with Crippen molar-refractivity contribution in [3.05, 3.63) is 42.2 Å². The second kappa shape index (κ2) is 7.87. The van der Waals surface area contributed by atoms with Crippen LogP contribution < -0.4 is 11.1 Å². The first-order chi connectivity index (χ1) is 14.3. The van der Waals surface area contributed by atoms with E-state index >= 15 is 0 Å². The number of nitrogens with zero attached hydrogens (tertiary/aromatic N) is 4. The van der Waals surface area contributed by atoms with Crippen molar-refractivity contribution < 1.29 is 9.53 Å². The van der Waals surface area contributed by atoms with E-state index in [1.807, 2.05) is 49.9 Å². The Kier molecular flexibility index (Phi) is 5.26. The Labute approximate surface area is 175 Å². The molecule has 4 rings (SSSR count). The van der Waals surface area contributed by atoms with Crippen LogP contribution in [0.15, 0.2) is 36.7 Å². The normalized spacial score (nSPS) is 14.7. The van der Waals surface area contributed by atoms with Gasteiger partial charge in [0.05, 0.1) is 24.1 Å². The first-order valence-electron chi connectivity index (χ1n) is 9.99. The number of nitrogen functional groups attached to an aromatic ring is 1. The van der Waals surface area contributed by atoms with Crippen molar-refractivity contribution in [2.75, 3.05) is 37.4 Å². The summed E-state index contributed by atoms with van der Waals surface area (Å²) in [6.07, 6.45) is 3.41. The molecule has 1 aliphatic heterocycles. The number of aromatic nitrogens is 3. The lowest BCUT2D eigenvalue weighted by atomic mass is 10.0. The number of nitrogens with two attached hydrogens (primary N) is 1. The molecule has 3 N–H and O–H groups in total. The molecule has 1 saturated heterocycles. The zero-order valence-electron chi connectivity index (χ0n) is 17.5. The molecule has 0 aliphatic carbocycles. The molecule has 2 aromatic heterocycles. The van der Waals surface area contributed by atoms with Crippen molar-refractivity contribution in [2.45, 2.75) is 26.3 Å². The molecule has 0 atom stereocenters. The van der Waals surface area contributed by atoms with Crippen molar-refractivity contribution in [1.82, 2.24) is 19.9 Å². The highest BCUT2D eigenvalue weighted by molar-refractivity contribution is 5.99. The SMILES string of the molecule is CC(C)(C)Nc1ncc2c(N)ncc(-c3ccc(C(=O)N4CCOCC4)cc3)c2n1. The van der Waals surface area contributed by atoms with Gasteiger partial charge in [-0.1, -0.05) is 12.1 Å². The number of carbonyl (C=O) groups excluding carboxylic acids is 1. The minimum absolute atomic E-state index is 0.0177. The minimum Gasteiger partial charge on any atom is -0.383 e. The summed E-state index contributed by atoms with van der Waals surface area (Å²) in [6, 6.07) is 7.51. The first-order valence-corrected chi connectivity index (χ1v) is 9.99. The van der Waals surface area contributed by atoms with E-state index in [4.69, 9.17) is 15.5 Å². The molecule has 156 valence electrons. The quantitative estimate of drug-likeness (QED) is 0.689. The number of morpholine rings is 1. The number of nitrogens with one attached hydrogen (secondary N) is 1. The largest absolute Gasteiger partial charge is 0.383 e. The maximum Gasteiger partial charge on any atom is 0.254 e. The highest BCUT2D eigenvalue weighted by Crippen LogP contribution is 2.30. The third-order valence-corrected chi connectivity index (χ3v) is 4.88. The molecule has 0 unspecified atom stereocenters. The highest BCUT2D eigenvalue weighted by Gasteiger charge is 2.19. The van der Waals surface area contributed by atoms with Crippen molar-refractivity contribution >= 4 is 28.6 Å². The molecule has 0 radical (unpaired) electrons. The van der Waals surface area contributed by atoms with E-state index < -0.39 is 0 Å². The molecular weight excluding hydrogens is 380 g/mol. The predicted octanol–water partition coefficient (Wildman–Crippen LogP) is 2.96. The smallest absolute Gasteiger partial charge is 0.254 e. The average Bonchev–Trinajstić information content (AvgIpc) is 2.73. The Balaban J connectivity index is 1.69. The number of anilines is 2. The van der Waals surface area contributed by atoms with Crippen LogP contribution in [0.1, 0.15) is 31.1 Å². The lowest BCUT2D eigenvalue weighted by Crippen LogP contribution is -2.40. The first kappa shape index (κ1) is 20.0. The van der Waals surface area contributed by atoms with Crippen LogP contribution in [-0.2, 0) is 4.74 Å². The monoisotopic (exact) mass is 406 g/mol. The molecule has 3 heterocycles. The number of benzene rings is 1. The number of hydrogen-bond donors (Lipinski definition) is 2. The maximum atomic E-state index is 12.7. The standard InChI is InChI=1S/C22H26N6O2/c1-22(2,3)27-21-25-13-17-18(26-21)16(12-24-19(17)23)14-4-6-15(7-5-14)20(29)28-8-10-30-11-9-28/h4-7,12-13H,8-11H2,1-3H3,(H2,23,24)(H,25,26,27). The fourth-order valence-electron chi connectivity index (χ4n) is 3.39. The molecule has 1 amide bonds. The van der Waals surface area contributed by atoms with E-state index in [1.165, 1.54) is 0 Å². The summed E-state index contributed by atoms with van der Waals surface area (Å²) in [5, 5.41) is 3.98. The van der Waals surface area contributed by atoms with Gasteiger partial charge in [0.2, 0.25) is 5.95 Å². The summed E-state index contributed by atoms with van der Waals surface area (Å²) in [6.45, 7) is 8.54. The van der Waals surface area contributed by atoms with Crippen LogP contribution in [0.5, 0.6) is 0 Å². The van der Waals surface area contributed by atoms with Crippen LogP contribution in [0.25, 0.3) is 22.0 Å². The summed E-state index contributed by atoms with van der Waals surface area (Å²) in [4.78, 5) is 27.9. The van der Waals surface area contributed by atoms with Gasteiger partial charge in [0, 0.05) is 42.1 Å². The van der Waals surface area contributed by atoms with Gasteiger partial charge in [0.1, 0.15) is 5.82 Å². The Hall–Kier alpha value is -3.26. The van der Waals surface area contributed by atoms with Gasteiger partial charge in [-0.2, -0.15) is 0 Å². The number of amides is 1. The Morgan fingerprint density at radius 2 is 1.80 bits per heavy atom. The van der Waals surface area contributed by atoms with E-state index in [2.05, 4.69) is 15.3 Å². The summed E-state index contributed by atoms with van der Waals surface area (Å²) in [5.41, 5.74) is 9.00. The molecule has 1 aliphatic rings. The third-order valence-electron chi connectivity index (χ3n) is 4.88. The number of pyridine rings is 1. The van der Waals surface area contributed by atoms with Crippen LogP contribution in [0, 0.1) is 0 Å². The maximum absolute atomic E-state index is 12.7. The predicted molar refractivity (Wildman–Crippen MR) is 117 cm³/mol. The third kappa shape index (κ3) is 4.18.